The minimum absolute atomic E-state index is 0.673. The predicted octanol–water partition coefficient (Wildman–Crippen LogP) is 4.85. The Morgan fingerprint density at radius 3 is 2.92 bits per heavy atom. The van der Waals surface area contributed by atoms with Crippen LogP contribution >= 0.6 is 34.4 Å². The van der Waals surface area contributed by atoms with Crippen molar-refractivity contribution in [2.24, 2.45) is 0 Å². The number of nitrogens with zero attached hydrogens (tertiary/aromatic N) is 5. The third-order valence-electron chi connectivity index (χ3n) is 3.60. The SMILES string of the molecule is C(=C\c1nn2c(CSc3nc4ccccc4s3)nnc2s1)/c1ccco1. The molecule has 26 heavy (non-hydrogen) atoms. The van der Waals surface area contributed by atoms with Gasteiger partial charge >= 0.3 is 0 Å². The maximum absolute atomic E-state index is 5.29. The first-order valence-electron chi connectivity index (χ1n) is 7.76. The molecule has 5 rings (SSSR count). The largest absolute Gasteiger partial charge is 0.465 e. The molecule has 0 bridgehead atoms. The van der Waals surface area contributed by atoms with Crippen LogP contribution in [0.15, 0.2) is 51.4 Å². The van der Waals surface area contributed by atoms with Gasteiger partial charge in [0, 0.05) is 0 Å². The van der Waals surface area contributed by atoms with Crippen molar-refractivity contribution in [2.75, 3.05) is 0 Å². The molecule has 0 atom stereocenters. The highest BCUT2D eigenvalue weighted by molar-refractivity contribution is 8.00. The third-order valence-corrected chi connectivity index (χ3v) is 6.64. The summed E-state index contributed by atoms with van der Waals surface area (Å²) >= 11 is 4.84. The Hall–Kier alpha value is -2.49. The molecule has 4 aromatic heterocycles. The molecule has 4 heterocycles. The van der Waals surface area contributed by atoms with Crippen molar-refractivity contribution in [3.63, 3.8) is 0 Å². The van der Waals surface area contributed by atoms with Crippen LogP contribution in [0, 0.1) is 0 Å². The number of aromatic nitrogens is 5. The zero-order chi connectivity index (χ0) is 17.3. The van der Waals surface area contributed by atoms with Gasteiger partial charge in [-0.15, -0.1) is 21.5 Å². The van der Waals surface area contributed by atoms with Crippen LogP contribution in [0.4, 0.5) is 0 Å². The first kappa shape index (κ1) is 15.7. The van der Waals surface area contributed by atoms with Crippen molar-refractivity contribution in [1.29, 1.82) is 0 Å². The second kappa shape index (κ2) is 6.67. The Labute approximate surface area is 160 Å². The Morgan fingerprint density at radius 1 is 1.08 bits per heavy atom. The van der Waals surface area contributed by atoms with Crippen LogP contribution in [-0.2, 0) is 5.75 Å². The van der Waals surface area contributed by atoms with E-state index in [2.05, 4.69) is 26.3 Å². The van der Waals surface area contributed by atoms with Crippen LogP contribution in [0.3, 0.4) is 0 Å². The van der Waals surface area contributed by atoms with E-state index in [0.29, 0.717) is 5.75 Å². The number of hydrogen-bond donors (Lipinski definition) is 0. The molecule has 0 amide bonds. The molecule has 0 N–H and O–H groups in total. The minimum atomic E-state index is 0.673. The Kier molecular flexibility index (Phi) is 4.04. The number of thiazole rings is 1. The van der Waals surface area contributed by atoms with E-state index >= 15 is 0 Å². The number of benzene rings is 1. The first-order valence-corrected chi connectivity index (χ1v) is 10.4. The molecule has 0 radical (unpaired) electrons. The lowest BCUT2D eigenvalue weighted by atomic mass is 10.3. The molecule has 1 aromatic carbocycles. The van der Waals surface area contributed by atoms with Gasteiger partial charge in [0.25, 0.3) is 0 Å². The maximum Gasteiger partial charge on any atom is 0.234 e. The molecule has 6 nitrogen and oxygen atoms in total. The van der Waals surface area contributed by atoms with E-state index in [1.54, 1.807) is 33.9 Å². The number of furan rings is 1. The summed E-state index contributed by atoms with van der Waals surface area (Å²) in [7, 11) is 0. The van der Waals surface area contributed by atoms with Gasteiger partial charge < -0.3 is 4.42 Å². The van der Waals surface area contributed by atoms with E-state index in [4.69, 9.17) is 4.42 Å². The van der Waals surface area contributed by atoms with Crippen molar-refractivity contribution >= 4 is 61.8 Å². The molecule has 0 aliphatic rings. The summed E-state index contributed by atoms with van der Waals surface area (Å²) in [6, 6.07) is 11.9. The quantitative estimate of drug-likeness (QED) is 0.395. The van der Waals surface area contributed by atoms with Gasteiger partial charge in [-0.05, 0) is 36.4 Å². The van der Waals surface area contributed by atoms with E-state index in [1.165, 1.54) is 16.0 Å². The Morgan fingerprint density at radius 2 is 2.04 bits per heavy atom. The van der Waals surface area contributed by atoms with Crippen LogP contribution in [-0.4, -0.2) is 24.8 Å². The molecule has 9 heteroatoms. The molecule has 0 saturated heterocycles. The maximum atomic E-state index is 5.29. The average molecular weight is 398 g/mol. The fourth-order valence-corrected chi connectivity index (χ4v) is 5.14. The highest BCUT2D eigenvalue weighted by Crippen LogP contribution is 2.31. The summed E-state index contributed by atoms with van der Waals surface area (Å²) in [5.41, 5.74) is 1.03. The number of fused-ring (bicyclic) bond motifs is 2. The predicted molar refractivity (Wildman–Crippen MR) is 105 cm³/mol. The first-order chi connectivity index (χ1) is 12.8. The van der Waals surface area contributed by atoms with Crippen molar-refractivity contribution in [1.82, 2.24) is 24.8 Å². The smallest absolute Gasteiger partial charge is 0.234 e. The number of thioether (sulfide) groups is 1. The summed E-state index contributed by atoms with van der Waals surface area (Å²) in [5.74, 6) is 2.28. The monoisotopic (exact) mass is 397 g/mol. The fraction of sp³-hybridized carbons (Fsp3) is 0.0588. The average Bonchev–Trinajstić information content (AvgIpc) is 3.41. The summed E-state index contributed by atoms with van der Waals surface area (Å²) in [6.45, 7) is 0. The molecule has 0 saturated carbocycles. The Bertz CT molecular complexity index is 1170. The molecule has 0 unspecified atom stereocenters. The lowest BCUT2D eigenvalue weighted by Gasteiger charge is -1.93. The van der Waals surface area contributed by atoms with Gasteiger partial charge in [-0.25, -0.2) is 4.98 Å². The molecule has 128 valence electrons. The summed E-state index contributed by atoms with van der Waals surface area (Å²) in [5, 5.41) is 13.9. The number of para-hydroxylation sites is 1. The standard InChI is InChI=1S/C17H11N5OS3/c1-2-6-13-12(5-1)18-17(25-13)24-10-14-19-20-16-22(14)21-15(26-16)8-7-11-4-3-9-23-11/h1-9H,10H2/b8-7+. The second-order valence-corrected chi connectivity index (χ2v) is 8.58. The second-order valence-electron chi connectivity index (χ2n) is 5.34. The molecular formula is C17H11N5OS3. The van der Waals surface area contributed by atoms with Crippen LogP contribution in [0.2, 0.25) is 0 Å². The highest BCUT2D eigenvalue weighted by Gasteiger charge is 2.12. The third kappa shape index (κ3) is 3.05. The van der Waals surface area contributed by atoms with E-state index in [1.807, 2.05) is 42.5 Å². The van der Waals surface area contributed by atoms with Gasteiger partial charge in [0.1, 0.15) is 10.8 Å². The molecular weight excluding hydrogens is 386 g/mol. The van der Waals surface area contributed by atoms with E-state index in [-0.39, 0.29) is 0 Å². The minimum Gasteiger partial charge on any atom is -0.465 e. The van der Waals surface area contributed by atoms with Crippen LogP contribution in [0.25, 0.3) is 27.3 Å². The van der Waals surface area contributed by atoms with E-state index < -0.39 is 0 Å². The molecule has 0 aliphatic carbocycles. The van der Waals surface area contributed by atoms with Crippen LogP contribution < -0.4 is 0 Å². The summed E-state index contributed by atoms with van der Waals surface area (Å²) < 4.78 is 9.31. The highest BCUT2D eigenvalue weighted by atomic mass is 32.2. The molecule has 0 fully saturated rings. The summed E-state index contributed by atoms with van der Waals surface area (Å²) in [4.78, 5) is 5.42. The Balaban J connectivity index is 1.35. The topological polar surface area (TPSA) is 69.1 Å². The zero-order valence-corrected chi connectivity index (χ0v) is 15.7. The van der Waals surface area contributed by atoms with Gasteiger partial charge in [0.2, 0.25) is 4.96 Å². The van der Waals surface area contributed by atoms with Gasteiger partial charge in [0.15, 0.2) is 10.2 Å². The van der Waals surface area contributed by atoms with Crippen molar-refractivity contribution in [3.05, 3.63) is 59.3 Å². The zero-order valence-electron chi connectivity index (χ0n) is 13.3. The van der Waals surface area contributed by atoms with E-state index in [0.717, 1.165) is 31.4 Å². The molecule has 0 aliphatic heterocycles. The van der Waals surface area contributed by atoms with Gasteiger partial charge in [-0.1, -0.05) is 35.2 Å². The number of rotatable bonds is 5. The molecule has 5 aromatic rings. The van der Waals surface area contributed by atoms with Crippen molar-refractivity contribution < 1.29 is 4.42 Å². The van der Waals surface area contributed by atoms with Gasteiger partial charge in [0.05, 0.1) is 22.2 Å². The molecule has 0 spiro atoms. The fourth-order valence-electron chi connectivity index (χ4n) is 2.41. The van der Waals surface area contributed by atoms with Crippen LogP contribution in [0.1, 0.15) is 16.6 Å². The van der Waals surface area contributed by atoms with Crippen LogP contribution in [0.5, 0.6) is 0 Å². The van der Waals surface area contributed by atoms with Gasteiger partial charge in [-0.3, -0.25) is 0 Å². The van der Waals surface area contributed by atoms with Gasteiger partial charge in [-0.2, -0.15) is 9.61 Å². The number of hydrogen-bond acceptors (Lipinski definition) is 8. The normalized spacial score (nSPS) is 12.0. The van der Waals surface area contributed by atoms with E-state index in [9.17, 15) is 0 Å². The van der Waals surface area contributed by atoms with Crippen molar-refractivity contribution in [3.8, 4) is 0 Å². The lowest BCUT2D eigenvalue weighted by Crippen LogP contribution is -1.93. The van der Waals surface area contributed by atoms with Crippen molar-refractivity contribution in [2.45, 2.75) is 10.1 Å². The summed E-state index contributed by atoms with van der Waals surface area (Å²) in [6.07, 6.45) is 5.46. The lowest BCUT2D eigenvalue weighted by molar-refractivity contribution is 0.557.